The minimum absolute atomic E-state index is 0.00369. The molecule has 1 aliphatic rings. The molecule has 1 aliphatic heterocycles. The molecule has 0 saturated carbocycles. The predicted molar refractivity (Wildman–Crippen MR) is 154 cm³/mol. The number of hydrogen-bond acceptors (Lipinski definition) is 10. The third kappa shape index (κ3) is 6.54. The maximum atomic E-state index is 13.5. The molecule has 0 bridgehead atoms. The summed E-state index contributed by atoms with van der Waals surface area (Å²) in [7, 11) is -2.93. The Kier molecular flexibility index (Phi) is 8.77. The number of ether oxygens (including phenoxy) is 3. The molecule has 16 heteroatoms. The van der Waals surface area contributed by atoms with Gasteiger partial charge in [-0.15, -0.1) is 0 Å². The Hall–Kier alpha value is -4.31. The molecule has 3 aromatic heterocycles. The van der Waals surface area contributed by atoms with E-state index < -0.39 is 33.3 Å². The Bertz CT molecular complexity index is 1860. The van der Waals surface area contributed by atoms with Crippen molar-refractivity contribution in [2.75, 3.05) is 44.7 Å². The predicted octanol–water partition coefficient (Wildman–Crippen LogP) is 1.92. The number of fused-ring (bicyclic) bond motifs is 1. The van der Waals surface area contributed by atoms with Gasteiger partial charge in [-0.3, -0.25) is 23.6 Å². The van der Waals surface area contributed by atoms with Crippen LogP contribution in [0.2, 0.25) is 5.02 Å². The highest BCUT2D eigenvalue weighted by Gasteiger charge is 2.27. The fourth-order valence-electron chi connectivity index (χ4n) is 4.51. The number of anilines is 1. The molecule has 1 aromatic carbocycles. The van der Waals surface area contributed by atoms with E-state index in [-0.39, 0.29) is 40.4 Å². The number of aromatic nitrogens is 3. The molecular weight excluding hydrogens is 607 g/mol. The summed E-state index contributed by atoms with van der Waals surface area (Å²) in [5.41, 5.74) is 6.25. The van der Waals surface area contributed by atoms with Gasteiger partial charge in [-0.1, -0.05) is 11.6 Å². The molecule has 1 amide bonds. The van der Waals surface area contributed by atoms with Crippen LogP contribution in [0.3, 0.4) is 0 Å². The van der Waals surface area contributed by atoms with Gasteiger partial charge in [-0.25, -0.2) is 22.8 Å². The van der Waals surface area contributed by atoms with Gasteiger partial charge in [0.2, 0.25) is 17.5 Å². The molecular formula is C27H26ClFN6O7S. The maximum Gasteiger partial charge on any atom is 0.300 e. The maximum absolute atomic E-state index is 13.5. The van der Waals surface area contributed by atoms with Gasteiger partial charge in [0.25, 0.3) is 15.6 Å². The fraction of sp³-hybridized carbons (Fsp3) is 0.259. The Morgan fingerprint density at radius 1 is 1.21 bits per heavy atom. The van der Waals surface area contributed by atoms with Crippen molar-refractivity contribution in [3.05, 3.63) is 76.2 Å². The highest BCUT2D eigenvalue weighted by molar-refractivity contribution is 7.92. The number of methoxy groups -OCH3 is 1. The zero-order chi connectivity index (χ0) is 30.7. The van der Waals surface area contributed by atoms with Gasteiger partial charge in [-0.05, 0) is 36.4 Å². The zero-order valence-electron chi connectivity index (χ0n) is 22.7. The number of carbonyl (C=O) groups excluding carboxylic acids is 1. The van der Waals surface area contributed by atoms with Crippen LogP contribution in [0, 0.1) is 5.82 Å². The van der Waals surface area contributed by atoms with Gasteiger partial charge in [-0.2, -0.15) is 0 Å². The van der Waals surface area contributed by atoms with Crippen molar-refractivity contribution in [3.8, 4) is 22.8 Å². The van der Waals surface area contributed by atoms with Crippen LogP contribution < -0.4 is 25.5 Å². The number of nitrogens with one attached hydrogen (secondary N) is 1. The van der Waals surface area contributed by atoms with Crippen molar-refractivity contribution in [2.45, 2.75) is 10.9 Å². The Balaban J connectivity index is 1.40. The Morgan fingerprint density at radius 3 is 2.77 bits per heavy atom. The minimum Gasteiger partial charge on any atom is -0.485 e. The van der Waals surface area contributed by atoms with E-state index in [9.17, 15) is 22.4 Å². The van der Waals surface area contributed by atoms with Crippen LogP contribution in [0.5, 0.6) is 11.6 Å². The molecule has 0 aliphatic carbocycles. The lowest BCUT2D eigenvalue weighted by Gasteiger charge is -2.33. The summed E-state index contributed by atoms with van der Waals surface area (Å²) < 4.78 is 59.5. The van der Waals surface area contributed by atoms with Crippen molar-refractivity contribution < 1.29 is 31.8 Å². The van der Waals surface area contributed by atoms with E-state index in [0.717, 1.165) is 18.2 Å². The summed E-state index contributed by atoms with van der Waals surface area (Å²) in [4.78, 5) is 34.9. The first kappa shape index (κ1) is 30.2. The number of sulfonamides is 1. The average molecular weight is 633 g/mol. The average Bonchev–Trinajstić information content (AvgIpc) is 2.98. The SMILES string of the molecule is COc1ncc(-c2ccc3ncc(OCCN4CCOCC4C(N)=O)c(=O)n3c2)cc1NS(=O)(=O)c1ccc(F)cc1Cl. The third-order valence-corrected chi connectivity index (χ3v) is 8.53. The summed E-state index contributed by atoms with van der Waals surface area (Å²) in [5, 5.41) is -0.298. The summed E-state index contributed by atoms with van der Waals surface area (Å²) in [6.45, 7) is 1.60. The van der Waals surface area contributed by atoms with Crippen molar-refractivity contribution in [1.29, 1.82) is 0 Å². The third-order valence-electron chi connectivity index (χ3n) is 6.68. The van der Waals surface area contributed by atoms with E-state index >= 15 is 0 Å². The standard InChI is InChI=1S/C27H26ClFN6O7S/c1-40-26-20(33-43(38,39)23-4-3-18(29)11-19(23)28)10-17(12-32-26)16-2-5-24-31-13-22(27(37)35(24)14-16)42-9-7-34-6-8-41-15-21(34)25(30)36/h2-5,10-14,21,33H,6-9,15H2,1H3,(H2,30,36). The number of nitrogens with two attached hydrogens (primary N) is 1. The number of rotatable bonds is 10. The smallest absolute Gasteiger partial charge is 0.300 e. The van der Waals surface area contributed by atoms with Crippen LogP contribution in [-0.4, -0.2) is 79.7 Å². The van der Waals surface area contributed by atoms with Crippen molar-refractivity contribution in [3.63, 3.8) is 0 Å². The Morgan fingerprint density at radius 2 is 2.02 bits per heavy atom. The highest BCUT2D eigenvalue weighted by Crippen LogP contribution is 2.31. The number of nitrogens with zero attached hydrogens (tertiary/aromatic N) is 4. The lowest BCUT2D eigenvalue weighted by molar-refractivity contribution is -0.129. The molecule has 4 heterocycles. The number of pyridine rings is 2. The first-order valence-electron chi connectivity index (χ1n) is 12.8. The lowest BCUT2D eigenvalue weighted by atomic mass is 10.1. The highest BCUT2D eigenvalue weighted by atomic mass is 35.5. The Labute approximate surface area is 250 Å². The van der Waals surface area contributed by atoms with Gasteiger partial charge in [0.05, 0.1) is 31.5 Å². The van der Waals surface area contributed by atoms with Crippen molar-refractivity contribution in [2.24, 2.45) is 5.73 Å². The number of halogens is 2. The van der Waals surface area contributed by atoms with Crippen LogP contribution >= 0.6 is 11.6 Å². The second-order valence-electron chi connectivity index (χ2n) is 9.41. The van der Waals surface area contributed by atoms with Gasteiger partial charge in [0.15, 0.2) is 0 Å². The number of morpholine rings is 1. The van der Waals surface area contributed by atoms with Crippen molar-refractivity contribution >= 4 is 38.9 Å². The number of carbonyl (C=O) groups is 1. The summed E-state index contributed by atoms with van der Waals surface area (Å²) >= 11 is 5.97. The fourth-order valence-corrected chi connectivity index (χ4v) is 6.09. The molecule has 1 saturated heterocycles. The molecule has 0 spiro atoms. The van der Waals surface area contributed by atoms with E-state index in [1.807, 2.05) is 4.90 Å². The lowest BCUT2D eigenvalue weighted by Crippen LogP contribution is -2.53. The summed E-state index contributed by atoms with van der Waals surface area (Å²) in [6, 6.07) is 7.10. The molecule has 13 nitrogen and oxygen atoms in total. The molecule has 43 heavy (non-hydrogen) atoms. The van der Waals surface area contributed by atoms with Gasteiger partial charge < -0.3 is 19.9 Å². The quantitative estimate of drug-likeness (QED) is 0.264. The first-order valence-corrected chi connectivity index (χ1v) is 14.7. The van der Waals surface area contributed by atoms with Gasteiger partial charge in [0, 0.05) is 36.6 Å². The van der Waals surface area contributed by atoms with Gasteiger partial charge in [0.1, 0.15) is 34.7 Å². The van der Waals surface area contributed by atoms with Crippen LogP contribution in [0.4, 0.5) is 10.1 Å². The monoisotopic (exact) mass is 632 g/mol. The topological polar surface area (TPSA) is 167 Å². The largest absolute Gasteiger partial charge is 0.485 e. The zero-order valence-corrected chi connectivity index (χ0v) is 24.3. The second kappa shape index (κ2) is 12.5. The van der Waals surface area contributed by atoms with E-state index in [1.54, 1.807) is 12.1 Å². The second-order valence-corrected chi connectivity index (χ2v) is 11.5. The molecule has 4 aromatic rings. The molecule has 3 N–H and O–H groups in total. The number of primary amides is 1. The minimum atomic E-state index is -4.25. The number of amides is 1. The van der Waals surface area contributed by atoms with E-state index in [0.29, 0.717) is 36.5 Å². The molecule has 0 radical (unpaired) electrons. The molecule has 1 atom stereocenters. The molecule has 1 unspecified atom stereocenters. The van der Waals surface area contributed by atoms with E-state index in [2.05, 4.69) is 14.7 Å². The molecule has 226 valence electrons. The normalized spacial score (nSPS) is 15.7. The van der Waals surface area contributed by atoms with Gasteiger partial charge >= 0.3 is 0 Å². The summed E-state index contributed by atoms with van der Waals surface area (Å²) in [6.07, 6.45) is 4.28. The van der Waals surface area contributed by atoms with Crippen LogP contribution in [0.25, 0.3) is 16.8 Å². The van der Waals surface area contributed by atoms with Crippen LogP contribution in [0.15, 0.2) is 64.7 Å². The van der Waals surface area contributed by atoms with E-state index in [1.165, 1.54) is 36.2 Å². The molecule has 1 fully saturated rings. The van der Waals surface area contributed by atoms with E-state index in [4.69, 9.17) is 31.5 Å². The number of hydrogen-bond donors (Lipinski definition) is 2. The molecule has 5 rings (SSSR count). The first-order chi connectivity index (χ1) is 20.6. The van der Waals surface area contributed by atoms with Crippen LogP contribution in [0.1, 0.15) is 0 Å². The van der Waals surface area contributed by atoms with Crippen LogP contribution in [-0.2, 0) is 19.6 Å². The van der Waals surface area contributed by atoms with Crippen molar-refractivity contribution in [1.82, 2.24) is 19.3 Å². The summed E-state index contributed by atoms with van der Waals surface area (Å²) in [5.74, 6) is -1.22. The number of benzene rings is 1.